The molecule has 1 aliphatic carbocycles. The Morgan fingerprint density at radius 3 is 2.09 bits per heavy atom. The Balaban J connectivity index is 1.79. The Hall–Kier alpha value is -2.62. The van der Waals surface area contributed by atoms with Crippen molar-refractivity contribution in [3.8, 4) is 11.1 Å². The van der Waals surface area contributed by atoms with Crippen LogP contribution in [0.2, 0.25) is 0 Å². The lowest BCUT2D eigenvalue weighted by molar-refractivity contribution is -0.146. The molecule has 1 N–H and O–H groups in total. The normalized spacial score (nSPS) is 12.4. The Morgan fingerprint density at radius 1 is 1.00 bits per heavy atom. The molecule has 0 radical (unpaired) electrons. The molecule has 0 aromatic heterocycles. The van der Waals surface area contributed by atoms with E-state index in [9.17, 15) is 9.59 Å². The van der Waals surface area contributed by atoms with E-state index in [-0.39, 0.29) is 24.9 Å². The number of amides is 1. The molecule has 2 aromatic rings. The molecule has 112 valence electrons. The predicted octanol–water partition coefficient (Wildman–Crippen LogP) is 2.48. The van der Waals surface area contributed by atoms with E-state index >= 15 is 0 Å². The van der Waals surface area contributed by atoms with Crippen LogP contribution in [-0.2, 0) is 14.3 Å². The van der Waals surface area contributed by atoms with Gasteiger partial charge in [0.05, 0.1) is 0 Å². The molecule has 0 unspecified atom stereocenters. The van der Waals surface area contributed by atoms with Crippen LogP contribution in [0.15, 0.2) is 48.5 Å². The standard InChI is InChI=1S/C18H17NO3/c1-19-17(20)10-18(21)22-11-16-14-8-4-2-6-12(14)13-7-3-5-9-15(13)16/h2-9,16H,10-11H2,1H3,(H,19,20). The van der Waals surface area contributed by atoms with Crippen molar-refractivity contribution < 1.29 is 14.3 Å². The van der Waals surface area contributed by atoms with Gasteiger partial charge in [0.15, 0.2) is 0 Å². The first-order valence-electron chi connectivity index (χ1n) is 7.25. The molecule has 0 atom stereocenters. The average Bonchev–Trinajstić information content (AvgIpc) is 2.87. The largest absolute Gasteiger partial charge is 0.464 e. The minimum atomic E-state index is -0.499. The topological polar surface area (TPSA) is 55.4 Å². The summed E-state index contributed by atoms with van der Waals surface area (Å²) in [5, 5.41) is 2.42. The summed E-state index contributed by atoms with van der Waals surface area (Å²) in [5.41, 5.74) is 4.70. The summed E-state index contributed by atoms with van der Waals surface area (Å²) < 4.78 is 5.31. The summed E-state index contributed by atoms with van der Waals surface area (Å²) >= 11 is 0. The van der Waals surface area contributed by atoms with Crippen LogP contribution in [-0.4, -0.2) is 25.5 Å². The van der Waals surface area contributed by atoms with Crippen LogP contribution in [0.3, 0.4) is 0 Å². The van der Waals surface area contributed by atoms with Gasteiger partial charge >= 0.3 is 5.97 Å². The van der Waals surface area contributed by atoms with Gasteiger partial charge < -0.3 is 10.1 Å². The van der Waals surface area contributed by atoms with Gasteiger partial charge in [-0.1, -0.05) is 48.5 Å². The molecule has 4 heteroatoms. The Labute approximate surface area is 129 Å². The first-order chi connectivity index (χ1) is 10.7. The maximum Gasteiger partial charge on any atom is 0.315 e. The Kier molecular flexibility index (Phi) is 3.92. The van der Waals surface area contributed by atoms with Crippen LogP contribution in [0.25, 0.3) is 11.1 Å². The van der Waals surface area contributed by atoms with E-state index < -0.39 is 5.97 Å². The highest BCUT2D eigenvalue weighted by Gasteiger charge is 2.29. The van der Waals surface area contributed by atoms with Gasteiger partial charge in [-0.05, 0) is 22.3 Å². The highest BCUT2D eigenvalue weighted by molar-refractivity contribution is 5.94. The molecule has 22 heavy (non-hydrogen) atoms. The number of ether oxygens (including phenoxy) is 1. The highest BCUT2D eigenvalue weighted by atomic mass is 16.5. The quantitative estimate of drug-likeness (QED) is 0.696. The molecule has 0 saturated carbocycles. The molecule has 3 rings (SSSR count). The third kappa shape index (κ3) is 2.60. The molecule has 0 bridgehead atoms. The minimum Gasteiger partial charge on any atom is -0.464 e. The lowest BCUT2D eigenvalue weighted by atomic mass is 9.98. The molecular weight excluding hydrogens is 278 g/mol. The molecule has 0 spiro atoms. The molecule has 4 nitrogen and oxygen atoms in total. The van der Waals surface area contributed by atoms with Crippen LogP contribution in [0.5, 0.6) is 0 Å². The third-order valence-corrected chi connectivity index (χ3v) is 3.96. The van der Waals surface area contributed by atoms with Gasteiger partial charge in [-0.3, -0.25) is 9.59 Å². The van der Waals surface area contributed by atoms with E-state index in [4.69, 9.17) is 4.74 Å². The fourth-order valence-electron chi connectivity index (χ4n) is 2.89. The van der Waals surface area contributed by atoms with Gasteiger partial charge in [0.2, 0.25) is 5.91 Å². The van der Waals surface area contributed by atoms with Crippen molar-refractivity contribution in [2.24, 2.45) is 0 Å². The minimum absolute atomic E-state index is 0.0287. The maximum atomic E-state index is 11.7. The van der Waals surface area contributed by atoms with Crippen LogP contribution >= 0.6 is 0 Å². The summed E-state index contributed by atoms with van der Waals surface area (Å²) in [6.45, 7) is 0.254. The molecule has 1 amide bonds. The molecule has 2 aromatic carbocycles. The van der Waals surface area contributed by atoms with Gasteiger partial charge in [-0.2, -0.15) is 0 Å². The van der Waals surface area contributed by atoms with Crippen molar-refractivity contribution >= 4 is 11.9 Å². The summed E-state index contributed by atoms with van der Waals surface area (Å²) in [6.07, 6.45) is -0.244. The zero-order valence-corrected chi connectivity index (χ0v) is 12.3. The van der Waals surface area contributed by atoms with Crippen molar-refractivity contribution in [3.05, 3.63) is 59.7 Å². The number of fused-ring (bicyclic) bond motifs is 3. The molecule has 0 heterocycles. The highest BCUT2D eigenvalue weighted by Crippen LogP contribution is 2.44. The molecular formula is C18H17NO3. The van der Waals surface area contributed by atoms with E-state index in [2.05, 4.69) is 29.6 Å². The van der Waals surface area contributed by atoms with Crippen LogP contribution in [0.1, 0.15) is 23.5 Å². The lowest BCUT2D eigenvalue weighted by Crippen LogP contribution is -2.23. The zero-order valence-electron chi connectivity index (χ0n) is 12.3. The van der Waals surface area contributed by atoms with Gasteiger partial charge in [-0.15, -0.1) is 0 Å². The Morgan fingerprint density at radius 2 is 1.55 bits per heavy atom. The van der Waals surface area contributed by atoms with E-state index in [0.717, 1.165) is 11.1 Å². The molecule has 1 aliphatic rings. The summed E-state index contributed by atoms with van der Waals surface area (Å²) in [4.78, 5) is 22.9. The number of esters is 1. The lowest BCUT2D eigenvalue weighted by Gasteiger charge is -2.14. The number of nitrogens with one attached hydrogen (secondary N) is 1. The zero-order chi connectivity index (χ0) is 15.5. The van der Waals surface area contributed by atoms with Gasteiger partial charge in [0, 0.05) is 13.0 Å². The number of rotatable bonds is 4. The second kappa shape index (κ2) is 6.02. The number of carbonyl (C=O) groups excluding carboxylic acids is 2. The Bertz CT molecular complexity index is 678. The fraction of sp³-hybridized carbons (Fsp3) is 0.222. The van der Waals surface area contributed by atoms with Crippen molar-refractivity contribution in [1.82, 2.24) is 5.32 Å². The van der Waals surface area contributed by atoms with Crippen molar-refractivity contribution in [2.45, 2.75) is 12.3 Å². The fourth-order valence-corrected chi connectivity index (χ4v) is 2.89. The van der Waals surface area contributed by atoms with Gasteiger partial charge in [0.1, 0.15) is 13.0 Å². The second-order valence-electron chi connectivity index (χ2n) is 5.26. The number of hydrogen-bond acceptors (Lipinski definition) is 3. The first-order valence-corrected chi connectivity index (χ1v) is 7.25. The summed E-state index contributed by atoms with van der Waals surface area (Å²) in [5.74, 6) is -0.806. The van der Waals surface area contributed by atoms with Crippen LogP contribution < -0.4 is 5.32 Å². The third-order valence-electron chi connectivity index (χ3n) is 3.96. The molecule has 0 fully saturated rings. The van der Waals surface area contributed by atoms with E-state index in [1.54, 1.807) is 0 Å². The molecule has 0 aliphatic heterocycles. The van der Waals surface area contributed by atoms with Gasteiger partial charge in [0.25, 0.3) is 0 Å². The van der Waals surface area contributed by atoms with E-state index in [1.165, 1.54) is 18.2 Å². The summed E-state index contributed by atoms with van der Waals surface area (Å²) in [7, 11) is 1.50. The average molecular weight is 295 g/mol. The smallest absolute Gasteiger partial charge is 0.315 e. The molecule has 0 saturated heterocycles. The number of carbonyl (C=O) groups is 2. The number of hydrogen-bond donors (Lipinski definition) is 1. The summed E-state index contributed by atoms with van der Waals surface area (Å²) in [6, 6.07) is 16.3. The van der Waals surface area contributed by atoms with Gasteiger partial charge in [-0.25, -0.2) is 0 Å². The van der Waals surface area contributed by atoms with Crippen LogP contribution in [0.4, 0.5) is 0 Å². The van der Waals surface area contributed by atoms with Crippen LogP contribution in [0, 0.1) is 0 Å². The number of benzene rings is 2. The van der Waals surface area contributed by atoms with Crippen molar-refractivity contribution in [1.29, 1.82) is 0 Å². The van der Waals surface area contributed by atoms with E-state index in [0.29, 0.717) is 0 Å². The van der Waals surface area contributed by atoms with Crippen molar-refractivity contribution in [2.75, 3.05) is 13.7 Å². The first kappa shape index (κ1) is 14.3. The van der Waals surface area contributed by atoms with E-state index in [1.807, 2.05) is 24.3 Å². The monoisotopic (exact) mass is 295 g/mol. The SMILES string of the molecule is CNC(=O)CC(=O)OCC1c2ccccc2-c2ccccc21. The maximum absolute atomic E-state index is 11.7. The van der Waals surface area contributed by atoms with Crippen molar-refractivity contribution in [3.63, 3.8) is 0 Å². The second-order valence-corrected chi connectivity index (χ2v) is 5.26. The predicted molar refractivity (Wildman–Crippen MR) is 83.4 cm³/mol.